The SMILES string of the molecule is Cc1cc(NCCOc2ccc(N)cc2)ccc1C(N)=O. The molecule has 5 nitrogen and oxygen atoms in total. The Morgan fingerprint density at radius 3 is 2.52 bits per heavy atom. The summed E-state index contributed by atoms with van der Waals surface area (Å²) in [6.45, 7) is 3.04. The van der Waals surface area contributed by atoms with Gasteiger partial charge in [0.15, 0.2) is 0 Å². The first-order valence-electron chi connectivity index (χ1n) is 6.69. The normalized spacial score (nSPS) is 10.1. The number of carbonyl (C=O) groups is 1. The highest BCUT2D eigenvalue weighted by atomic mass is 16.5. The van der Waals surface area contributed by atoms with Crippen molar-refractivity contribution in [1.29, 1.82) is 0 Å². The summed E-state index contributed by atoms with van der Waals surface area (Å²) < 4.78 is 5.58. The molecule has 5 N–H and O–H groups in total. The molecule has 0 unspecified atom stereocenters. The summed E-state index contributed by atoms with van der Waals surface area (Å²) in [5.74, 6) is 0.372. The maximum absolute atomic E-state index is 11.1. The van der Waals surface area contributed by atoms with E-state index in [1.165, 1.54) is 0 Å². The summed E-state index contributed by atoms with van der Waals surface area (Å²) >= 11 is 0. The predicted molar refractivity (Wildman–Crippen MR) is 84.5 cm³/mol. The highest BCUT2D eigenvalue weighted by Crippen LogP contribution is 2.15. The van der Waals surface area contributed by atoms with Crippen LogP contribution in [0.15, 0.2) is 42.5 Å². The third-order valence-corrected chi connectivity index (χ3v) is 3.07. The standard InChI is InChI=1S/C16H19N3O2/c1-11-10-13(4-7-15(11)16(18)20)19-8-9-21-14-5-2-12(17)3-6-14/h2-7,10,19H,8-9,17H2,1H3,(H2,18,20). The van der Waals surface area contributed by atoms with Crippen LogP contribution in [0.3, 0.4) is 0 Å². The van der Waals surface area contributed by atoms with Gasteiger partial charge in [0.2, 0.25) is 5.91 Å². The maximum Gasteiger partial charge on any atom is 0.248 e. The van der Waals surface area contributed by atoms with Gasteiger partial charge in [0.1, 0.15) is 12.4 Å². The molecule has 1 amide bonds. The molecule has 5 heteroatoms. The van der Waals surface area contributed by atoms with Crippen LogP contribution < -0.4 is 21.5 Å². The molecule has 0 aromatic heterocycles. The van der Waals surface area contributed by atoms with Crippen molar-refractivity contribution in [3.63, 3.8) is 0 Å². The Kier molecular flexibility index (Phi) is 4.66. The van der Waals surface area contributed by atoms with Gasteiger partial charge in [0, 0.05) is 23.5 Å². The van der Waals surface area contributed by atoms with Crippen LogP contribution in [0, 0.1) is 6.92 Å². The first kappa shape index (κ1) is 14.7. The number of nitrogens with one attached hydrogen (secondary N) is 1. The first-order valence-corrected chi connectivity index (χ1v) is 6.69. The molecule has 0 spiro atoms. The minimum Gasteiger partial charge on any atom is -0.492 e. The van der Waals surface area contributed by atoms with Crippen LogP contribution in [0.2, 0.25) is 0 Å². The van der Waals surface area contributed by atoms with Crippen LogP contribution in [-0.2, 0) is 0 Å². The van der Waals surface area contributed by atoms with Gasteiger partial charge in [-0.15, -0.1) is 0 Å². The topological polar surface area (TPSA) is 90.4 Å². The average Bonchev–Trinajstić information content (AvgIpc) is 2.45. The molecule has 0 saturated carbocycles. The minimum absolute atomic E-state index is 0.411. The van der Waals surface area contributed by atoms with Gasteiger partial charge in [-0.2, -0.15) is 0 Å². The molecule has 0 aliphatic heterocycles. The molecule has 0 aliphatic carbocycles. The van der Waals surface area contributed by atoms with Gasteiger partial charge in [-0.1, -0.05) is 0 Å². The van der Waals surface area contributed by atoms with E-state index in [9.17, 15) is 4.79 Å². The van der Waals surface area contributed by atoms with E-state index in [4.69, 9.17) is 16.2 Å². The fourth-order valence-corrected chi connectivity index (χ4v) is 1.98. The molecule has 2 aromatic carbocycles. The number of benzene rings is 2. The molecule has 0 saturated heterocycles. The van der Waals surface area contributed by atoms with Crippen molar-refractivity contribution in [3.8, 4) is 5.75 Å². The molecular formula is C16H19N3O2. The van der Waals surface area contributed by atoms with Crippen molar-refractivity contribution in [1.82, 2.24) is 0 Å². The fourth-order valence-electron chi connectivity index (χ4n) is 1.98. The maximum atomic E-state index is 11.1. The molecule has 0 fully saturated rings. The van der Waals surface area contributed by atoms with Gasteiger partial charge < -0.3 is 21.5 Å². The molecule has 0 heterocycles. The summed E-state index contributed by atoms with van der Waals surface area (Å²) in [6, 6.07) is 12.7. The number of anilines is 2. The van der Waals surface area contributed by atoms with Crippen LogP contribution in [0.5, 0.6) is 5.75 Å². The van der Waals surface area contributed by atoms with E-state index < -0.39 is 5.91 Å². The van der Waals surface area contributed by atoms with Crippen LogP contribution in [0.1, 0.15) is 15.9 Å². The van der Waals surface area contributed by atoms with Crippen molar-refractivity contribution >= 4 is 17.3 Å². The van der Waals surface area contributed by atoms with E-state index >= 15 is 0 Å². The number of nitrogen functional groups attached to an aromatic ring is 1. The summed E-state index contributed by atoms with van der Waals surface area (Å²) in [6.07, 6.45) is 0. The number of rotatable bonds is 6. The Bertz CT molecular complexity index is 624. The second-order valence-corrected chi connectivity index (χ2v) is 4.74. The van der Waals surface area contributed by atoms with E-state index in [-0.39, 0.29) is 0 Å². The molecule has 21 heavy (non-hydrogen) atoms. The van der Waals surface area contributed by atoms with Crippen molar-refractivity contribution in [2.75, 3.05) is 24.2 Å². The molecule has 2 aromatic rings. The average molecular weight is 285 g/mol. The number of hydrogen-bond acceptors (Lipinski definition) is 4. The molecule has 0 bridgehead atoms. The van der Waals surface area contributed by atoms with E-state index in [0.717, 1.165) is 17.0 Å². The van der Waals surface area contributed by atoms with Gasteiger partial charge >= 0.3 is 0 Å². The van der Waals surface area contributed by atoms with Gasteiger partial charge in [-0.25, -0.2) is 0 Å². The largest absolute Gasteiger partial charge is 0.492 e. The number of primary amides is 1. The highest BCUT2D eigenvalue weighted by molar-refractivity contribution is 5.94. The Hall–Kier alpha value is -2.69. The van der Waals surface area contributed by atoms with Crippen molar-refractivity contribution in [2.45, 2.75) is 6.92 Å². The second kappa shape index (κ2) is 6.65. The summed E-state index contributed by atoms with van der Waals surface area (Å²) in [5.41, 5.74) is 13.9. The minimum atomic E-state index is -0.411. The Morgan fingerprint density at radius 2 is 1.90 bits per heavy atom. The van der Waals surface area contributed by atoms with Crippen molar-refractivity contribution in [3.05, 3.63) is 53.6 Å². The number of ether oxygens (including phenoxy) is 1. The van der Waals surface area contributed by atoms with Crippen LogP contribution >= 0.6 is 0 Å². The smallest absolute Gasteiger partial charge is 0.248 e. The molecule has 0 aliphatic rings. The Labute approximate surface area is 123 Å². The summed E-state index contributed by atoms with van der Waals surface area (Å²) in [4.78, 5) is 11.1. The van der Waals surface area contributed by atoms with Crippen molar-refractivity contribution < 1.29 is 9.53 Å². The summed E-state index contributed by atoms with van der Waals surface area (Å²) in [5, 5.41) is 3.23. The lowest BCUT2D eigenvalue weighted by Crippen LogP contribution is -2.14. The van der Waals surface area contributed by atoms with Crippen LogP contribution in [0.4, 0.5) is 11.4 Å². The van der Waals surface area contributed by atoms with E-state index in [1.54, 1.807) is 18.2 Å². The quantitative estimate of drug-likeness (QED) is 0.560. The predicted octanol–water partition coefficient (Wildman–Crippen LogP) is 2.17. The van der Waals surface area contributed by atoms with E-state index in [0.29, 0.717) is 24.4 Å². The second-order valence-electron chi connectivity index (χ2n) is 4.74. The van der Waals surface area contributed by atoms with Gasteiger partial charge in [-0.05, 0) is 55.0 Å². The Morgan fingerprint density at radius 1 is 1.19 bits per heavy atom. The molecule has 2 rings (SSSR count). The number of hydrogen-bond donors (Lipinski definition) is 3. The number of nitrogens with two attached hydrogens (primary N) is 2. The molecule has 0 atom stereocenters. The zero-order chi connectivity index (χ0) is 15.2. The van der Waals surface area contributed by atoms with E-state index in [2.05, 4.69) is 5.32 Å². The third-order valence-electron chi connectivity index (χ3n) is 3.07. The van der Waals surface area contributed by atoms with Gasteiger partial charge in [0.05, 0.1) is 0 Å². The third kappa shape index (κ3) is 4.14. The molecule has 110 valence electrons. The Balaban J connectivity index is 1.82. The lowest BCUT2D eigenvalue weighted by Gasteiger charge is -2.10. The van der Waals surface area contributed by atoms with Crippen LogP contribution in [0.25, 0.3) is 0 Å². The van der Waals surface area contributed by atoms with Gasteiger partial charge in [-0.3, -0.25) is 4.79 Å². The lowest BCUT2D eigenvalue weighted by atomic mass is 10.1. The first-order chi connectivity index (χ1) is 10.1. The molecule has 0 radical (unpaired) electrons. The monoisotopic (exact) mass is 285 g/mol. The zero-order valence-corrected chi connectivity index (χ0v) is 11.9. The number of amides is 1. The van der Waals surface area contributed by atoms with Crippen molar-refractivity contribution in [2.24, 2.45) is 5.73 Å². The zero-order valence-electron chi connectivity index (χ0n) is 11.9. The number of aryl methyl sites for hydroxylation is 1. The van der Waals surface area contributed by atoms with Crippen LogP contribution in [-0.4, -0.2) is 19.1 Å². The van der Waals surface area contributed by atoms with E-state index in [1.807, 2.05) is 31.2 Å². The van der Waals surface area contributed by atoms with Gasteiger partial charge in [0.25, 0.3) is 0 Å². The lowest BCUT2D eigenvalue weighted by molar-refractivity contribution is 0.1000. The fraction of sp³-hybridized carbons (Fsp3) is 0.188. The number of carbonyl (C=O) groups excluding carboxylic acids is 1. The molecular weight excluding hydrogens is 266 g/mol. The summed E-state index contributed by atoms with van der Waals surface area (Å²) in [7, 11) is 0. The highest BCUT2D eigenvalue weighted by Gasteiger charge is 2.04.